The van der Waals surface area contributed by atoms with Gasteiger partial charge in [-0.2, -0.15) is 0 Å². The molecule has 0 saturated carbocycles. The Hall–Kier alpha value is -1.57. The third-order valence-electron chi connectivity index (χ3n) is 3.42. The Morgan fingerprint density at radius 2 is 1.74 bits per heavy atom. The number of allylic oxidation sites excluding steroid dienone is 2. The highest BCUT2D eigenvalue weighted by atomic mass is 16.5. The minimum absolute atomic E-state index is 0.0754. The second-order valence-corrected chi connectivity index (χ2v) is 5.40. The lowest BCUT2D eigenvalue weighted by Gasteiger charge is -2.06. The number of ketones is 1. The Morgan fingerprint density at radius 1 is 1.04 bits per heavy atom. The monoisotopic (exact) mass is 318 g/mol. The third-order valence-corrected chi connectivity index (χ3v) is 3.42. The average Bonchev–Trinajstić information content (AvgIpc) is 2.58. The molecule has 0 spiro atoms. The molecule has 0 aliphatic heterocycles. The Bertz CT molecular complexity index is 435. The highest BCUT2D eigenvalue weighted by Gasteiger charge is 2.00. The highest BCUT2D eigenvalue weighted by Crippen LogP contribution is 2.14. The topological polar surface area (TPSA) is 26.3 Å². The lowest BCUT2D eigenvalue weighted by Crippen LogP contribution is -1.98. The molecule has 0 aliphatic rings. The van der Waals surface area contributed by atoms with E-state index in [9.17, 15) is 4.79 Å². The summed E-state index contributed by atoms with van der Waals surface area (Å²) >= 11 is 0. The number of ether oxygens (including phenoxy) is 1. The van der Waals surface area contributed by atoms with Gasteiger partial charge in [-0.3, -0.25) is 4.79 Å². The van der Waals surface area contributed by atoms with Gasteiger partial charge in [-0.15, -0.1) is 0 Å². The first-order valence-electron chi connectivity index (χ1n) is 9.13. The summed E-state index contributed by atoms with van der Waals surface area (Å²) in [5.41, 5.74) is 0.708. The summed E-state index contributed by atoms with van der Waals surface area (Å²) < 4.78 is 5.67. The Balaban J connectivity index is 0.00000232. The van der Waals surface area contributed by atoms with Crippen LogP contribution in [0.5, 0.6) is 5.75 Å². The molecule has 0 fully saturated rings. The average molecular weight is 319 g/mol. The van der Waals surface area contributed by atoms with E-state index in [0.29, 0.717) is 12.2 Å². The van der Waals surface area contributed by atoms with Crippen molar-refractivity contribution in [2.75, 3.05) is 6.61 Å². The molecule has 23 heavy (non-hydrogen) atoms. The van der Waals surface area contributed by atoms with E-state index in [1.807, 2.05) is 38.1 Å². The van der Waals surface area contributed by atoms with E-state index < -0.39 is 0 Å². The molecule has 2 heteroatoms. The number of hydrogen-bond acceptors (Lipinski definition) is 2. The summed E-state index contributed by atoms with van der Waals surface area (Å²) in [7, 11) is 0. The van der Waals surface area contributed by atoms with E-state index in [1.165, 1.54) is 32.1 Å². The smallest absolute Gasteiger partial charge is 0.159 e. The molecule has 0 radical (unpaired) electrons. The number of hydrogen-bond donors (Lipinski definition) is 0. The quantitative estimate of drug-likeness (QED) is 0.261. The van der Waals surface area contributed by atoms with Crippen molar-refractivity contribution in [3.63, 3.8) is 0 Å². The number of carbonyl (C=O) groups excluding carboxylic acids is 1. The van der Waals surface area contributed by atoms with Crippen molar-refractivity contribution in [1.82, 2.24) is 0 Å². The fourth-order valence-electron chi connectivity index (χ4n) is 2.12. The molecule has 0 bridgehead atoms. The summed E-state index contributed by atoms with van der Waals surface area (Å²) in [6, 6.07) is 7.39. The Labute approximate surface area is 142 Å². The van der Waals surface area contributed by atoms with E-state index in [2.05, 4.69) is 19.1 Å². The lowest BCUT2D eigenvalue weighted by molar-refractivity contribution is 0.101. The van der Waals surface area contributed by atoms with Gasteiger partial charge in [-0.25, -0.2) is 0 Å². The van der Waals surface area contributed by atoms with Crippen LogP contribution < -0.4 is 4.74 Å². The molecule has 1 rings (SSSR count). The molecule has 0 heterocycles. The Morgan fingerprint density at radius 3 is 2.39 bits per heavy atom. The van der Waals surface area contributed by atoms with Gasteiger partial charge in [0.15, 0.2) is 5.78 Å². The van der Waals surface area contributed by atoms with Crippen molar-refractivity contribution in [1.29, 1.82) is 0 Å². The molecule has 2 nitrogen and oxygen atoms in total. The van der Waals surface area contributed by atoms with E-state index >= 15 is 0 Å². The second-order valence-electron chi connectivity index (χ2n) is 5.40. The van der Waals surface area contributed by atoms with Gasteiger partial charge in [-0.1, -0.05) is 64.3 Å². The van der Waals surface area contributed by atoms with Crippen LogP contribution in [0, 0.1) is 0 Å². The van der Waals surface area contributed by atoms with Crippen LogP contribution in [-0.2, 0) is 0 Å². The van der Waals surface area contributed by atoms with Crippen molar-refractivity contribution in [2.45, 2.75) is 72.6 Å². The van der Waals surface area contributed by atoms with Crippen LogP contribution in [0.25, 0.3) is 0 Å². The largest absolute Gasteiger partial charge is 0.494 e. The maximum atomic E-state index is 11.3. The van der Waals surface area contributed by atoms with Crippen molar-refractivity contribution in [3.8, 4) is 5.75 Å². The highest BCUT2D eigenvalue weighted by molar-refractivity contribution is 5.94. The lowest BCUT2D eigenvalue weighted by atomic mass is 10.1. The number of Topliss-reactive ketones (excluding diaryl/α,β-unsaturated/α-hetero) is 1. The van der Waals surface area contributed by atoms with Gasteiger partial charge in [0.2, 0.25) is 0 Å². The normalized spacial score (nSPS) is 10.3. The van der Waals surface area contributed by atoms with E-state index in [1.54, 1.807) is 6.92 Å². The fourth-order valence-corrected chi connectivity index (χ4v) is 2.12. The van der Waals surface area contributed by atoms with Crippen molar-refractivity contribution >= 4 is 5.78 Å². The number of rotatable bonds is 11. The van der Waals surface area contributed by atoms with Gasteiger partial charge in [0.25, 0.3) is 0 Å². The molecule has 0 amide bonds. The number of benzene rings is 1. The zero-order chi connectivity index (χ0) is 17.3. The summed E-state index contributed by atoms with van der Waals surface area (Å²) in [4.78, 5) is 11.3. The van der Waals surface area contributed by atoms with Crippen LogP contribution in [0.4, 0.5) is 0 Å². The predicted octanol–water partition coefficient (Wildman–Crippen LogP) is 6.60. The third kappa shape index (κ3) is 11.6. The van der Waals surface area contributed by atoms with Crippen LogP contribution in [0.1, 0.15) is 83.0 Å². The summed E-state index contributed by atoms with van der Waals surface area (Å²) in [5, 5.41) is 0. The summed E-state index contributed by atoms with van der Waals surface area (Å²) in [5.74, 6) is 0.859. The van der Waals surface area contributed by atoms with E-state index in [-0.39, 0.29) is 5.78 Å². The van der Waals surface area contributed by atoms with Gasteiger partial charge in [-0.05, 0) is 44.7 Å². The van der Waals surface area contributed by atoms with Crippen LogP contribution in [0.3, 0.4) is 0 Å². The molecule has 0 aliphatic carbocycles. The van der Waals surface area contributed by atoms with Crippen molar-refractivity contribution in [2.24, 2.45) is 0 Å². The molecule has 0 saturated heterocycles. The number of unbranched alkanes of at least 4 members (excludes halogenated alkanes) is 5. The first kappa shape index (κ1) is 21.4. The maximum absolute atomic E-state index is 11.3. The Kier molecular flexibility index (Phi) is 14.3. The molecule has 0 unspecified atom stereocenters. The van der Waals surface area contributed by atoms with Crippen molar-refractivity contribution < 1.29 is 9.53 Å². The fraction of sp³-hybridized carbons (Fsp3) is 0.571. The number of carbonyl (C=O) groups is 1. The zero-order valence-corrected chi connectivity index (χ0v) is 15.4. The first-order chi connectivity index (χ1) is 11.2. The molecule has 1 aromatic rings. The van der Waals surface area contributed by atoms with Crippen molar-refractivity contribution in [3.05, 3.63) is 42.0 Å². The summed E-state index contributed by atoms with van der Waals surface area (Å²) in [6.45, 7) is 8.51. The van der Waals surface area contributed by atoms with Crippen LogP contribution in [-0.4, -0.2) is 12.4 Å². The standard InChI is InChI=1S/C19H28O2.C2H6/c1-3-4-5-6-7-8-9-10-11-15-21-19-14-12-13-18(16-19)17(2)20;1-2/h8-9,12-14,16H,3-7,10-11,15H2,1-2H3;1-2H3/b9-8-;. The minimum Gasteiger partial charge on any atom is -0.494 e. The second kappa shape index (κ2) is 15.3. The van der Waals surface area contributed by atoms with Gasteiger partial charge < -0.3 is 4.74 Å². The van der Waals surface area contributed by atoms with Gasteiger partial charge in [0.1, 0.15) is 5.75 Å². The minimum atomic E-state index is 0.0754. The molecular formula is C21H34O2. The molecule has 130 valence electrons. The summed E-state index contributed by atoms with van der Waals surface area (Å²) in [6.07, 6.45) is 13.1. The SMILES string of the molecule is CC.CCCCCC/C=C\CCCOc1cccc(C(C)=O)c1. The maximum Gasteiger partial charge on any atom is 0.159 e. The molecule has 0 atom stereocenters. The van der Waals surface area contributed by atoms with Gasteiger partial charge in [0.05, 0.1) is 6.61 Å². The molecule has 1 aromatic carbocycles. The van der Waals surface area contributed by atoms with Gasteiger partial charge >= 0.3 is 0 Å². The van der Waals surface area contributed by atoms with Crippen LogP contribution in [0.2, 0.25) is 0 Å². The zero-order valence-electron chi connectivity index (χ0n) is 15.4. The van der Waals surface area contributed by atoms with Crippen LogP contribution >= 0.6 is 0 Å². The molecule has 0 N–H and O–H groups in total. The van der Waals surface area contributed by atoms with E-state index in [0.717, 1.165) is 18.6 Å². The van der Waals surface area contributed by atoms with Crippen LogP contribution in [0.15, 0.2) is 36.4 Å². The van der Waals surface area contributed by atoms with E-state index in [4.69, 9.17) is 4.74 Å². The first-order valence-corrected chi connectivity index (χ1v) is 9.13. The predicted molar refractivity (Wildman–Crippen MR) is 100 cm³/mol. The van der Waals surface area contributed by atoms with Gasteiger partial charge in [0, 0.05) is 5.56 Å². The molecular weight excluding hydrogens is 284 g/mol. The molecule has 0 aromatic heterocycles.